The van der Waals surface area contributed by atoms with Gasteiger partial charge in [-0.15, -0.1) is 0 Å². The van der Waals surface area contributed by atoms with Gasteiger partial charge < -0.3 is 0 Å². The zero-order valence-corrected chi connectivity index (χ0v) is 11.9. The minimum atomic E-state index is -0.902. The topological polar surface area (TPSA) is 78.9 Å². The maximum atomic E-state index is 11.0. The summed E-state index contributed by atoms with van der Waals surface area (Å²) in [5.74, 6) is -0.902. The van der Waals surface area contributed by atoms with Crippen LogP contribution in [0.2, 0.25) is 0 Å². The number of carboxylic acid groups (broad SMARTS) is 1. The van der Waals surface area contributed by atoms with Crippen molar-refractivity contribution in [1.29, 1.82) is 0 Å². The number of rotatable bonds is 3. The van der Waals surface area contributed by atoms with Gasteiger partial charge >= 0.3 is 115 Å². The van der Waals surface area contributed by atoms with E-state index < -0.39 is 21.7 Å². The molecule has 0 aliphatic carbocycles. The molecule has 1 aromatic carbocycles. The molecule has 0 saturated heterocycles. The molecule has 1 atom stereocenters. The molecule has 0 amide bonds. The molecule has 0 aliphatic heterocycles. The number of nitrogens with zero attached hydrogens (tertiary/aromatic N) is 2. The summed E-state index contributed by atoms with van der Waals surface area (Å²) in [5, 5.41) is 9.00. The summed E-state index contributed by atoms with van der Waals surface area (Å²) < 4.78 is 2.02. The van der Waals surface area contributed by atoms with Gasteiger partial charge in [0, 0.05) is 0 Å². The second kappa shape index (κ2) is 4.86. The molecular formula is C13H10AsN3O2. The van der Waals surface area contributed by atoms with Gasteiger partial charge in [0.15, 0.2) is 0 Å². The number of carbonyl (C=O) groups is 1. The molecule has 3 rings (SSSR count). The summed E-state index contributed by atoms with van der Waals surface area (Å²) in [4.78, 5) is 22.6. The first-order chi connectivity index (χ1) is 9.24. The summed E-state index contributed by atoms with van der Waals surface area (Å²) >= 11 is -0.686. The average molecular weight is 315 g/mol. The molecule has 19 heavy (non-hydrogen) atoms. The summed E-state index contributed by atoms with van der Waals surface area (Å²) in [5.41, 5.74) is 2.16. The Morgan fingerprint density at radius 3 is 3.00 bits per heavy atom. The zero-order chi connectivity index (χ0) is 13.2. The van der Waals surface area contributed by atoms with Gasteiger partial charge in [0.05, 0.1) is 0 Å². The van der Waals surface area contributed by atoms with E-state index in [1.807, 2.05) is 18.3 Å². The third-order valence-corrected chi connectivity index (χ3v) is 5.27. The summed E-state index contributed by atoms with van der Waals surface area (Å²) in [6.45, 7) is 0. The van der Waals surface area contributed by atoms with Gasteiger partial charge in [-0.2, -0.15) is 0 Å². The van der Waals surface area contributed by atoms with Gasteiger partial charge in [-0.25, -0.2) is 0 Å². The van der Waals surface area contributed by atoms with Crippen LogP contribution in [-0.4, -0.2) is 41.8 Å². The van der Waals surface area contributed by atoms with Crippen LogP contribution in [0.1, 0.15) is 10.4 Å². The van der Waals surface area contributed by atoms with Gasteiger partial charge in [0.25, 0.3) is 0 Å². The number of benzene rings is 1. The van der Waals surface area contributed by atoms with Crippen molar-refractivity contribution in [3.8, 4) is 0 Å². The number of aromatic amines is 1. The maximum absolute atomic E-state index is 11.0. The van der Waals surface area contributed by atoms with Crippen LogP contribution in [0.5, 0.6) is 0 Å². The molecule has 0 fully saturated rings. The SMILES string of the molecule is O=C(O)c1cccc([AsH]c2ncnc3cc[nH]c23)c1. The van der Waals surface area contributed by atoms with E-state index >= 15 is 0 Å². The number of aromatic nitrogens is 3. The number of fused-ring (bicyclic) bond motifs is 1. The molecule has 2 aromatic heterocycles. The normalized spacial score (nSPS) is 11.4. The van der Waals surface area contributed by atoms with Gasteiger partial charge in [-0.3, -0.25) is 0 Å². The molecule has 0 aliphatic rings. The molecule has 3 aromatic rings. The Balaban J connectivity index is 1.99. The number of hydrogen-bond acceptors (Lipinski definition) is 3. The van der Waals surface area contributed by atoms with E-state index in [2.05, 4.69) is 15.0 Å². The first kappa shape index (κ1) is 11.9. The van der Waals surface area contributed by atoms with Crippen LogP contribution in [-0.2, 0) is 0 Å². The van der Waals surface area contributed by atoms with E-state index in [-0.39, 0.29) is 0 Å². The van der Waals surface area contributed by atoms with Crippen molar-refractivity contribution in [2.75, 3.05) is 0 Å². The Morgan fingerprint density at radius 2 is 2.16 bits per heavy atom. The quantitative estimate of drug-likeness (QED) is 0.669. The Morgan fingerprint density at radius 1 is 1.26 bits per heavy atom. The van der Waals surface area contributed by atoms with Crippen molar-refractivity contribution in [3.05, 3.63) is 48.4 Å². The van der Waals surface area contributed by atoms with Crippen LogP contribution in [0.15, 0.2) is 42.9 Å². The number of nitrogens with one attached hydrogen (secondary N) is 1. The minimum absolute atomic E-state index is 0.318. The molecule has 2 N–H and O–H groups in total. The molecule has 1 unspecified atom stereocenters. The van der Waals surface area contributed by atoms with Crippen molar-refractivity contribution in [2.45, 2.75) is 0 Å². The molecule has 0 spiro atoms. The van der Waals surface area contributed by atoms with Gasteiger partial charge in [0.2, 0.25) is 0 Å². The summed E-state index contributed by atoms with van der Waals surface area (Å²) in [6.07, 6.45) is 3.39. The van der Waals surface area contributed by atoms with E-state index in [9.17, 15) is 4.79 Å². The average Bonchev–Trinajstić information content (AvgIpc) is 2.88. The van der Waals surface area contributed by atoms with E-state index in [0.29, 0.717) is 5.56 Å². The molecule has 5 nitrogen and oxygen atoms in total. The Kier molecular flexibility index (Phi) is 3.05. The predicted molar refractivity (Wildman–Crippen MR) is 73.7 cm³/mol. The monoisotopic (exact) mass is 315 g/mol. The standard InChI is InChI=1S/C13H10AsN3O2/c18-13(19)8-2-1-3-9(6-8)14-12-11-10(4-5-15-11)16-7-17-12/h1-7,14-15H,(H,18,19). The van der Waals surface area contributed by atoms with Crippen LogP contribution in [0, 0.1) is 0 Å². The predicted octanol–water partition coefficient (Wildman–Crippen LogP) is 0.0434. The Labute approximate surface area is 115 Å². The molecule has 0 saturated carbocycles. The molecule has 0 bridgehead atoms. The number of carboxylic acids is 1. The Bertz CT molecular complexity index is 754. The van der Waals surface area contributed by atoms with E-state index in [4.69, 9.17) is 5.11 Å². The van der Waals surface area contributed by atoms with Crippen LogP contribution in [0.25, 0.3) is 11.0 Å². The third kappa shape index (κ3) is 2.37. The first-order valence-electron chi connectivity index (χ1n) is 5.62. The fourth-order valence-corrected chi connectivity index (χ4v) is 4.20. The summed E-state index contributed by atoms with van der Waals surface area (Å²) in [7, 11) is 0. The van der Waals surface area contributed by atoms with Crippen molar-refractivity contribution in [2.24, 2.45) is 0 Å². The number of aromatic carboxylic acids is 1. The fraction of sp³-hybridized carbons (Fsp3) is 0. The van der Waals surface area contributed by atoms with Gasteiger partial charge in [0.1, 0.15) is 0 Å². The second-order valence-electron chi connectivity index (χ2n) is 3.97. The van der Waals surface area contributed by atoms with Crippen molar-refractivity contribution >= 4 is 41.6 Å². The molecule has 94 valence electrons. The van der Waals surface area contributed by atoms with Gasteiger partial charge in [-0.1, -0.05) is 0 Å². The van der Waals surface area contributed by atoms with E-state index in [0.717, 1.165) is 19.9 Å². The van der Waals surface area contributed by atoms with E-state index in [1.165, 1.54) is 0 Å². The second-order valence-corrected chi connectivity index (χ2v) is 6.70. The van der Waals surface area contributed by atoms with Crippen LogP contribution in [0.3, 0.4) is 0 Å². The molecule has 6 heteroatoms. The van der Waals surface area contributed by atoms with Crippen LogP contribution < -0.4 is 8.83 Å². The Hall–Kier alpha value is -2.13. The van der Waals surface area contributed by atoms with Crippen molar-refractivity contribution < 1.29 is 9.90 Å². The van der Waals surface area contributed by atoms with Crippen molar-refractivity contribution in [3.63, 3.8) is 0 Å². The molecule has 0 radical (unpaired) electrons. The third-order valence-electron chi connectivity index (χ3n) is 2.72. The summed E-state index contributed by atoms with van der Waals surface area (Å²) in [6, 6.07) is 8.94. The van der Waals surface area contributed by atoms with E-state index in [1.54, 1.807) is 24.5 Å². The molecular weight excluding hydrogens is 305 g/mol. The number of hydrogen-bond donors (Lipinski definition) is 2. The van der Waals surface area contributed by atoms with Crippen LogP contribution >= 0.6 is 0 Å². The van der Waals surface area contributed by atoms with Gasteiger partial charge in [-0.05, 0) is 0 Å². The van der Waals surface area contributed by atoms with Crippen molar-refractivity contribution in [1.82, 2.24) is 15.0 Å². The van der Waals surface area contributed by atoms with Crippen LogP contribution in [0.4, 0.5) is 0 Å². The fourth-order valence-electron chi connectivity index (χ4n) is 1.83. The first-order valence-corrected chi connectivity index (χ1v) is 7.72. The molecule has 2 heterocycles. The number of H-pyrrole nitrogens is 1. The zero-order valence-electron chi connectivity index (χ0n) is 9.79.